The van der Waals surface area contributed by atoms with Crippen molar-refractivity contribution < 1.29 is 24.0 Å². The van der Waals surface area contributed by atoms with Gasteiger partial charge in [0.1, 0.15) is 30.2 Å². The number of carbonyl (C=O) groups is 5. The third-order valence-electron chi connectivity index (χ3n) is 7.64. The monoisotopic (exact) mass is 599 g/mol. The van der Waals surface area contributed by atoms with Crippen LogP contribution in [0.3, 0.4) is 0 Å². The molecule has 1 aromatic rings. The molecular formula is C33H53N5O5. The van der Waals surface area contributed by atoms with Gasteiger partial charge in [-0.05, 0) is 48.5 Å². The first-order valence-corrected chi connectivity index (χ1v) is 15.6. The van der Waals surface area contributed by atoms with Gasteiger partial charge >= 0.3 is 0 Å². The SMILES string of the molecule is CC(C)C[C@@H]1NC(=O)[C@H](C(C)C)NC(=O)[C@H](CC(C)C)N(C)C(=O)[C@H](CC(C)C)NC(=O)[C@H](Cc2ccccc2)NC1=O. The molecule has 0 aliphatic carbocycles. The molecular weight excluding hydrogens is 546 g/mol. The zero-order valence-corrected chi connectivity index (χ0v) is 27.4. The molecule has 4 N–H and O–H groups in total. The second-order valence-electron chi connectivity index (χ2n) is 13.5. The molecule has 2 rings (SSSR count). The fourth-order valence-electron chi connectivity index (χ4n) is 5.33. The van der Waals surface area contributed by atoms with Crippen LogP contribution < -0.4 is 21.3 Å². The molecule has 0 spiro atoms. The third-order valence-corrected chi connectivity index (χ3v) is 7.64. The Morgan fingerprint density at radius 3 is 1.63 bits per heavy atom. The second kappa shape index (κ2) is 16.4. The Bertz CT molecular complexity index is 1100. The van der Waals surface area contributed by atoms with Gasteiger partial charge in [0.15, 0.2) is 0 Å². The summed E-state index contributed by atoms with van der Waals surface area (Å²) in [5.74, 6) is -2.42. The summed E-state index contributed by atoms with van der Waals surface area (Å²) >= 11 is 0. The summed E-state index contributed by atoms with van der Waals surface area (Å²) in [6.45, 7) is 15.4. The van der Waals surface area contributed by atoms with Gasteiger partial charge in [0.05, 0.1) is 0 Å². The first-order valence-electron chi connectivity index (χ1n) is 15.6. The van der Waals surface area contributed by atoms with Crippen molar-refractivity contribution in [3.05, 3.63) is 35.9 Å². The molecule has 43 heavy (non-hydrogen) atoms. The summed E-state index contributed by atoms with van der Waals surface area (Å²) in [5, 5.41) is 11.5. The average Bonchev–Trinajstić information content (AvgIpc) is 2.91. The third kappa shape index (κ3) is 11.0. The molecule has 1 saturated heterocycles. The zero-order valence-electron chi connectivity index (χ0n) is 27.4. The van der Waals surface area contributed by atoms with E-state index in [4.69, 9.17) is 0 Å². The predicted octanol–water partition coefficient (Wildman–Crippen LogP) is 2.80. The van der Waals surface area contributed by atoms with Gasteiger partial charge in [-0.15, -0.1) is 0 Å². The lowest BCUT2D eigenvalue weighted by Crippen LogP contribution is -2.59. The van der Waals surface area contributed by atoms with E-state index >= 15 is 0 Å². The van der Waals surface area contributed by atoms with Crippen LogP contribution in [0.15, 0.2) is 30.3 Å². The average molecular weight is 600 g/mol. The van der Waals surface area contributed by atoms with E-state index in [0.717, 1.165) is 5.56 Å². The number of nitrogens with one attached hydrogen (secondary N) is 4. The van der Waals surface area contributed by atoms with Gasteiger partial charge in [-0.2, -0.15) is 0 Å². The smallest absolute Gasteiger partial charge is 0.245 e. The lowest BCUT2D eigenvalue weighted by molar-refractivity contribution is -0.143. The number of hydrogen-bond acceptors (Lipinski definition) is 5. The molecule has 10 nitrogen and oxygen atoms in total. The minimum Gasteiger partial charge on any atom is -0.343 e. The van der Waals surface area contributed by atoms with Gasteiger partial charge in [0.25, 0.3) is 0 Å². The fourth-order valence-corrected chi connectivity index (χ4v) is 5.33. The lowest BCUT2D eigenvalue weighted by atomic mass is 9.97. The van der Waals surface area contributed by atoms with E-state index in [1.54, 1.807) is 7.05 Å². The number of likely N-dealkylation sites (N-methyl/N-ethyl adjacent to an activating group) is 1. The number of rotatable bonds is 9. The lowest BCUT2D eigenvalue weighted by Gasteiger charge is -2.34. The maximum Gasteiger partial charge on any atom is 0.245 e. The van der Waals surface area contributed by atoms with Crippen molar-refractivity contribution in [1.29, 1.82) is 0 Å². The Labute approximate surface area is 257 Å². The Kier molecular flexibility index (Phi) is 13.7. The first-order chi connectivity index (χ1) is 20.1. The van der Waals surface area contributed by atoms with Crippen LogP contribution in [0.1, 0.15) is 80.2 Å². The minimum absolute atomic E-state index is 0.0590. The molecule has 0 radical (unpaired) electrons. The van der Waals surface area contributed by atoms with Crippen molar-refractivity contribution in [2.45, 2.75) is 111 Å². The quantitative estimate of drug-likeness (QED) is 0.346. The van der Waals surface area contributed by atoms with Gasteiger partial charge in [-0.25, -0.2) is 0 Å². The second-order valence-corrected chi connectivity index (χ2v) is 13.5. The number of hydrogen-bond donors (Lipinski definition) is 4. The normalized spacial score (nSPS) is 24.9. The van der Waals surface area contributed by atoms with E-state index in [2.05, 4.69) is 21.3 Å². The van der Waals surface area contributed by atoms with Crippen molar-refractivity contribution in [3.63, 3.8) is 0 Å². The van der Waals surface area contributed by atoms with Gasteiger partial charge in [0, 0.05) is 13.5 Å². The molecule has 5 atom stereocenters. The van der Waals surface area contributed by atoms with E-state index in [-0.39, 0.29) is 30.1 Å². The van der Waals surface area contributed by atoms with E-state index < -0.39 is 59.7 Å². The van der Waals surface area contributed by atoms with Crippen LogP contribution in [-0.2, 0) is 30.4 Å². The van der Waals surface area contributed by atoms with E-state index in [9.17, 15) is 24.0 Å². The summed E-state index contributed by atoms with van der Waals surface area (Å²) in [4.78, 5) is 70.2. The van der Waals surface area contributed by atoms with Crippen LogP contribution >= 0.6 is 0 Å². The van der Waals surface area contributed by atoms with Crippen molar-refractivity contribution in [2.24, 2.45) is 23.7 Å². The largest absolute Gasteiger partial charge is 0.343 e. The molecule has 1 aromatic carbocycles. The topological polar surface area (TPSA) is 137 Å². The van der Waals surface area contributed by atoms with Crippen molar-refractivity contribution in [2.75, 3.05) is 7.05 Å². The standard InChI is InChI=1S/C33H53N5O5/c1-19(2)15-24-29(39)34-25(18-23-13-11-10-12-14-23)30(40)36-26(16-20(3)4)33(43)38(9)27(17-21(5)6)31(41)37-28(22(7)8)32(42)35-24/h10-14,19-22,24-28H,15-18H2,1-9H3,(H,34,39)(H,35,42)(H,36,40)(H,37,41)/t24-,25-,26-,27-,28-/m0/s1. The van der Waals surface area contributed by atoms with Crippen molar-refractivity contribution >= 4 is 29.5 Å². The fraction of sp³-hybridized carbons (Fsp3) is 0.667. The number of carbonyl (C=O) groups excluding carboxylic acids is 5. The van der Waals surface area contributed by atoms with Crippen LogP contribution in [0.5, 0.6) is 0 Å². The van der Waals surface area contributed by atoms with E-state index in [0.29, 0.717) is 19.3 Å². The Morgan fingerprint density at radius 1 is 0.605 bits per heavy atom. The molecule has 1 aliphatic rings. The zero-order chi connectivity index (χ0) is 32.4. The number of amides is 5. The summed E-state index contributed by atoms with van der Waals surface area (Å²) in [5.41, 5.74) is 0.834. The van der Waals surface area contributed by atoms with E-state index in [1.807, 2.05) is 85.7 Å². The Balaban J connectivity index is 2.65. The minimum atomic E-state index is -0.994. The highest BCUT2D eigenvalue weighted by molar-refractivity contribution is 5.98. The molecule has 240 valence electrons. The molecule has 5 amide bonds. The highest BCUT2D eigenvalue weighted by Crippen LogP contribution is 2.17. The molecule has 10 heteroatoms. The molecule has 0 unspecified atom stereocenters. The number of nitrogens with zero attached hydrogens (tertiary/aromatic N) is 1. The first kappa shape index (κ1) is 35.8. The predicted molar refractivity (Wildman–Crippen MR) is 168 cm³/mol. The summed E-state index contributed by atoms with van der Waals surface area (Å²) in [6.07, 6.45) is 1.25. The highest BCUT2D eigenvalue weighted by Gasteiger charge is 2.38. The van der Waals surface area contributed by atoms with Crippen LogP contribution in [-0.4, -0.2) is 71.7 Å². The molecule has 1 fully saturated rings. The van der Waals surface area contributed by atoms with Gasteiger partial charge in [0.2, 0.25) is 29.5 Å². The van der Waals surface area contributed by atoms with E-state index in [1.165, 1.54) is 4.90 Å². The molecule has 1 aliphatic heterocycles. The maximum atomic E-state index is 13.9. The summed E-state index contributed by atoms with van der Waals surface area (Å²) in [6, 6.07) is 4.70. The molecule has 0 saturated carbocycles. The Morgan fingerprint density at radius 2 is 1.09 bits per heavy atom. The van der Waals surface area contributed by atoms with Crippen LogP contribution in [0, 0.1) is 23.7 Å². The number of benzene rings is 1. The van der Waals surface area contributed by atoms with Crippen molar-refractivity contribution in [3.8, 4) is 0 Å². The molecule has 0 aromatic heterocycles. The Hall–Kier alpha value is -3.43. The van der Waals surface area contributed by atoms with Gasteiger partial charge < -0.3 is 26.2 Å². The van der Waals surface area contributed by atoms with Crippen molar-refractivity contribution in [1.82, 2.24) is 26.2 Å². The summed E-state index contributed by atoms with van der Waals surface area (Å²) < 4.78 is 0. The maximum absolute atomic E-state index is 13.9. The molecule has 1 heterocycles. The van der Waals surface area contributed by atoms with Crippen LogP contribution in [0.4, 0.5) is 0 Å². The molecule has 0 bridgehead atoms. The van der Waals surface area contributed by atoms with Crippen LogP contribution in [0.2, 0.25) is 0 Å². The van der Waals surface area contributed by atoms with Gasteiger partial charge in [-0.3, -0.25) is 24.0 Å². The highest BCUT2D eigenvalue weighted by atomic mass is 16.2. The van der Waals surface area contributed by atoms with Gasteiger partial charge in [-0.1, -0.05) is 85.7 Å². The summed E-state index contributed by atoms with van der Waals surface area (Å²) in [7, 11) is 1.57. The van der Waals surface area contributed by atoms with Crippen LogP contribution in [0.25, 0.3) is 0 Å².